The smallest absolute Gasteiger partial charge is 0.496 e. The van der Waals surface area contributed by atoms with Gasteiger partial charge in [0, 0.05) is 11.1 Å². The van der Waals surface area contributed by atoms with Crippen molar-refractivity contribution in [2.24, 2.45) is 5.92 Å². The molecular weight excluding hydrogens is 653 g/mol. The van der Waals surface area contributed by atoms with Gasteiger partial charge < -0.3 is 24.2 Å². The number of carbonyl (C=O) groups excluding carboxylic acids is 1. The van der Waals surface area contributed by atoms with Crippen molar-refractivity contribution in [3.05, 3.63) is 77.7 Å². The van der Waals surface area contributed by atoms with Gasteiger partial charge in [0.2, 0.25) is 0 Å². The average Bonchev–Trinajstić information content (AvgIpc) is 3.31. The van der Waals surface area contributed by atoms with Crippen LogP contribution in [0.2, 0.25) is 0 Å². The van der Waals surface area contributed by atoms with E-state index in [4.69, 9.17) is 14.5 Å². The van der Waals surface area contributed by atoms with E-state index in [9.17, 15) is 36.6 Å². The number of alkyl halides is 5. The number of aliphatic carboxylic acids is 1. The van der Waals surface area contributed by atoms with Crippen LogP contribution >= 0.6 is 0 Å². The summed E-state index contributed by atoms with van der Waals surface area (Å²) in [4.78, 5) is 32.3. The molecule has 3 heterocycles. The molecule has 2 aliphatic heterocycles. The Labute approximate surface area is 280 Å². The molecule has 3 fully saturated rings. The molecule has 1 aromatic carbocycles. The van der Waals surface area contributed by atoms with E-state index in [0.29, 0.717) is 59.6 Å². The number of allylic oxidation sites excluding steroid dienone is 3. The third kappa shape index (κ3) is 8.34. The lowest BCUT2D eigenvalue weighted by Gasteiger charge is -2.39. The number of methoxy groups -OCH3 is 1. The summed E-state index contributed by atoms with van der Waals surface area (Å²) in [6.07, 6.45) is 0.0578. The Kier molecular flexibility index (Phi) is 10.3. The number of halogens is 5. The summed E-state index contributed by atoms with van der Waals surface area (Å²) in [5, 5.41) is 9.44. The molecule has 0 spiro atoms. The number of hydrogen-bond donors (Lipinski definition) is 1. The summed E-state index contributed by atoms with van der Waals surface area (Å²) in [6, 6.07) is 8.59. The monoisotopic (exact) mass is 691 g/mol. The number of benzene rings is 1. The Morgan fingerprint density at radius 3 is 2.45 bits per heavy atom. The number of ether oxygens (including phenoxy) is 3. The Balaban J connectivity index is 1.43. The van der Waals surface area contributed by atoms with Crippen LogP contribution in [0, 0.1) is 5.92 Å². The van der Waals surface area contributed by atoms with Crippen LogP contribution < -0.4 is 9.64 Å². The topological polar surface area (TPSA) is 101 Å². The summed E-state index contributed by atoms with van der Waals surface area (Å²) in [7, 11) is 1.52. The second-order valence-corrected chi connectivity index (χ2v) is 12.7. The molecule has 3 aliphatic rings. The van der Waals surface area contributed by atoms with E-state index in [1.165, 1.54) is 29.1 Å². The zero-order chi connectivity index (χ0) is 35.7. The minimum absolute atomic E-state index is 0.0591. The van der Waals surface area contributed by atoms with Gasteiger partial charge in [0.05, 0.1) is 44.4 Å². The average molecular weight is 692 g/mol. The second-order valence-electron chi connectivity index (χ2n) is 12.7. The van der Waals surface area contributed by atoms with Gasteiger partial charge in [0.25, 0.3) is 5.92 Å². The first-order chi connectivity index (χ1) is 23.0. The number of rotatable bonds is 11. The zero-order valence-corrected chi connectivity index (χ0v) is 27.3. The van der Waals surface area contributed by atoms with Gasteiger partial charge in [-0.15, -0.1) is 13.2 Å². The molecule has 0 radical (unpaired) electrons. The predicted molar refractivity (Wildman–Crippen MR) is 170 cm³/mol. The molecule has 14 heteroatoms. The minimum Gasteiger partial charge on any atom is -0.496 e. The standard InChI is InChI=1S/C35H38F5N3O6/c1-20(6-5-7-21(2)49-35(38,39)40)31-22(3)43(33(46)48-31)17-28-26(13-15-30(41-28)42-18-34(36,37)19-42)27-16-25(12-14-29(27)47-4)23-8-10-24(11-9-23)32(44)45/h5-7,12-16,22-24,31H,1,8-11,17-19H2,2-4H3,(H,44,45)/b6-5-,21-7+/t22-,23-,24-,31+/m0/s1. The second kappa shape index (κ2) is 14.1. The van der Waals surface area contributed by atoms with Crippen LogP contribution in [0.15, 0.2) is 66.5 Å². The molecule has 1 saturated carbocycles. The number of amides is 1. The Morgan fingerprint density at radius 2 is 1.84 bits per heavy atom. The van der Waals surface area contributed by atoms with Crippen molar-refractivity contribution in [3.8, 4) is 16.9 Å². The lowest BCUT2D eigenvalue weighted by Crippen LogP contribution is -2.56. The number of hydrogen-bond acceptors (Lipinski definition) is 7. The van der Waals surface area contributed by atoms with Gasteiger partial charge in [-0.1, -0.05) is 24.8 Å². The number of anilines is 1. The van der Waals surface area contributed by atoms with E-state index < -0.39 is 49.6 Å². The molecular formula is C35H38F5N3O6. The molecule has 49 heavy (non-hydrogen) atoms. The van der Waals surface area contributed by atoms with Crippen LogP contribution in [0.1, 0.15) is 56.7 Å². The van der Waals surface area contributed by atoms with E-state index in [1.807, 2.05) is 18.2 Å². The third-order valence-electron chi connectivity index (χ3n) is 9.18. The quantitative estimate of drug-likeness (QED) is 0.145. The highest BCUT2D eigenvalue weighted by atomic mass is 19.4. The number of pyridine rings is 1. The Hall–Kier alpha value is -4.62. The summed E-state index contributed by atoms with van der Waals surface area (Å²) in [5.74, 6) is -3.40. The van der Waals surface area contributed by atoms with Gasteiger partial charge in [-0.2, -0.15) is 0 Å². The van der Waals surface area contributed by atoms with Crippen LogP contribution in [0.3, 0.4) is 0 Å². The highest BCUT2D eigenvalue weighted by Crippen LogP contribution is 2.42. The first kappa shape index (κ1) is 35.7. The fourth-order valence-corrected chi connectivity index (χ4v) is 6.55. The number of cyclic esters (lactones) is 1. The number of carbonyl (C=O) groups is 2. The number of carboxylic acid groups (broad SMARTS) is 1. The lowest BCUT2D eigenvalue weighted by atomic mass is 9.78. The van der Waals surface area contributed by atoms with Crippen molar-refractivity contribution in [2.75, 3.05) is 25.1 Å². The van der Waals surface area contributed by atoms with Gasteiger partial charge in [0.1, 0.15) is 23.4 Å². The van der Waals surface area contributed by atoms with Gasteiger partial charge in [-0.3, -0.25) is 9.69 Å². The lowest BCUT2D eigenvalue weighted by molar-refractivity contribution is -0.305. The van der Waals surface area contributed by atoms with Crippen LogP contribution in [0.25, 0.3) is 11.1 Å². The van der Waals surface area contributed by atoms with Crippen LogP contribution in [-0.4, -0.2) is 71.7 Å². The molecule has 2 aromatic rings. The molecule has 2 saturated heterocycles. The fourth-order valence-electron chi connectivity index (χ4n) is 6.55. The van der Waals surface area contributed by atoms with Crippen molar-refractivity contribution >= 4 is 17.9 Å². The Bertz CT molecular complexity index is 1640. The summed E-state index contributed by atoms with van der Waals surface area (Å²) in [5.41, 5.74) is 3.03. The Morgan fingerprint density at radius 1 is 1.14 bits per heavy atom. The summed E-state index contributed by atoms with van der Waals surface area (Å²) < 4.78 is 80.2. The SMILES string of the molecule is C=C(/C=C\C=C(/C)OC(F)(F)F)[C@H]1OC(=O)N(Cc2nc(N3CC(F)(F)C3)ccc2-c2cc([C@H]3CC[C@H](C(=O)O)CC3)ccc2OC)[C@H]1C. The summed E-state index contributed by atoms with van der Waals surface area (Å²) in [6.45, 7) is 5.77. The van der Waals surface area contributed by atoms with Gasteiger partial charge in [0.15, 0.2) is 0 Å². The van der Waals surface area contributed by atoms with Crippen molar-refractivity contribution in [3.63, 3.8) is 0 Å². The number of carboxylic acids is 1. The molecule has 9 nitrogen and oxygen atoms in total. The molecule has 1 aliphatic carbocycles. The van der Waals surface area contributed by atoms with Gasteiger partial charge >= 0.3 is 18.4 Å². The van der Waals surface area contributed by atoms with Crippen LogP contribution in [0.4, 0.5) is 32.6 Å². The maximum absolute atomic E-state index is 13.8. The van der Waals surface area contributed by atoms with E-state index in [0.717, 1.165) is 18.6 Å². The van der Waals surface area contributed by atoms with Crippen molar-refractivity contribution < 1.29 is 50.9 Å². The van der Waals surface area contributed by atoms with Crippen LogP contribution in [0.5, 0.6) is 5.75 Å². The van der Waals surface area contributed by atoms with E-state index in [2.05, 4.69) is 11.3 Å². The normalized spacial score (nSPS) is 24.1. The fraction of sp³-hybridized carbons (Fsp3) is 0.457. The maximum atomic E-state index is 13.8. The summed E-state index contributed by atoms with van der Waals surface area (Å²) >= 11 is 0. The molecule has 264 valence electrons. The van der Waals surface area contributed by atoms with Crippen molar-refractivity contribution in [1.82, 2.24) is 9.88 Å². The molecule has 1 N–H and O–H groups in total. The van der Waals surface area contributed by atoms with E-state index in [1.54, 1.807) is 19.1 Å². The largest absolute Gasteiger partial charge is 0.572 e. The van der Waals surface area contributed by atoms with Crippen molar-refractivity contribution in [1.29, 1.82) is 0 Å². The molecule has 5 rings (SSSR count). The molecule has 1 amide bonds. The molecule has 0 unspecified atom stereocenters. The first-order valence-electron chi connectivity index (χ1n) is 15.9. The molecule has 2 atom stereocenters. The zero-order valence-electron chi connectivity index (χ0n) is 27.3. The highest BCUT2D eigenvalue weighted by molar-refractivity contribution is 5.76. The number of nitrogens with zero attached hydrogens (tertiary/aromatic N) is 3. The minimum atomic E-state index is -4.82. The third-order valence-corrected chi connectivity index (χ3v) is 9.18. The van der Waals surface area contributed by atoms with E-state index in [-0.39, 0.29) is 24.1 Å². The van der Waals surface area contributed by atoms with Crippen molar-refractivity contribution in [2.45, 2.75) is 76.4 Å². The highest BCUT2D eigenvalue weighted by Gasteiger charge is 2.45. The maximum Gasteiger partial charge on any atom is 0.572 e. The number of aromatic nitrogens is 1. The molecule has 0 bridgehead atoms. The van der Waals surface area contributed by atoms with E-state index >= 15 is 0 Å². The first-order valence-corrected chi connectivity index (χ1v) is 15.9. The molecule has 1 aromatic heterocycles. The van der Waals surface area contributed by atoms with Gasteiger partial charge in [-0.05, 0) is 86.9 Å². The predicted octanol–water partition coefficient (Wildman–Crippen LogP) is 7.83. The van der Waals surface area contributed by atoms with Gasteiger partial charge in [-0.25, -0.2) is 18.6 Å². The van der Waals surface area contributed by atoms with Crippen LogP contribution in [-0.2, 0) is 20.8 Å².